The molecule has 0 aromatic heterocycles. The Morgan fingerprint density at radius 2 is 1.86 bits per heavy atom. The van der Waals surface area contributed by atoms with Crippen LogP contribution in [0.1, 0.15) is 17.2 Å². The van der Waals surface area contributed by atoms with Crippen LogP contribution in [0, 0.1) is 5.82 Å². The van der Waals surface area contributed by atoms with Crippen molar-refractivity contribution < 1.29 is 19.0 Å². The van der Waals surface area contributed by atoms with Gasteiger partial charge in [0, 0.05) is 11.4 Å². The molecule has 3 rings (SSSR count). The molecular formula is C16H14ClFO3. The molecular weight excluding hydrogens is 295 g/mol. The van der Waals surface area contributed by atoms with Crippen LogP contribution in [0.15, 0.2) is 36.4 Å². The third-order valence-electron chi connectivity index (χ3n) is 3.38. The molecule has 0 bridgehead atoms. The van der Waals surface area contributed by atoms with Crippen molar-refractivity contribution in [3.8, 4) is 11.5 Å². The topological polar surface area (TPSA) is 38.7 Å². The highest BCUT2D eigenvalue weighted by molar-refractivity contribution is 6.31. The van der Waals surface area contributed by atoms with E-state index in [0.717, 1.165) is 0 Å². The quantitative estimate of drug-likeness (QED) is 0.943. The monoisotopic (exact) mass is 308 g/mol. The fraction of sp³-hybridized carbons (Fsp3) is 0.250. The largest absolute Gasteiger partial charge is 0.486 e. The summed E-state index contributed by atoms with van der Waals surface area (Å²) in [7, 11) is 0. The first-order chi connectivity index (χ1) is 10.1. The minimum Gasteiger partial charge on any atom is -0.486 e. The molecule has 0 spiro atoms. The minimum atomic E-state index is -0.746. The fourth-order valence-corrected chi connectivity index (χ4v) is 2.52. The number of halogens is 2. The van der Waals surface area contributed by atoms with E-state index in [-0.39, 0.29) is 0 Å². The Morgan fingerprint density at radius 1 is 1.10 bits per heavy atom. The van der Waals surface area contributed by atoms with Crippen LogP contribution in [0.4, 0.5) is 4.39 Å². The standard InChI is InChI=1S/C16H14ClFO3/c17-13-9-12(18)3-1-10(13)7-14(19)11-2-4-15-16(8-11)21-6-5-20-15/h1-4,8-9,14,19H,5-7H2. The molecule has 1 aliphatic heterocycles. The SMILES string of the molecule is OC(Cc1ccc(F)cc1Cl)c1ccc2c(c1)OCCO2. The molecule has 3 nitrogen and oxygen atoms in total. The van der Waals surface area contributed by atoms with Crippen LogP contribution in [0.3, 0.4) is 0 Å². The van der Waals surface area contributed by atoms with Crippen molar-refractivity contribution in [1.29, 1.82) is 0 Å². The number of benzene rings is 2. The lowest BCUT2D eigenvalue weighted by atomic mass is 10.0. The molecule has 5 heteroatoms. The van der Waals surface area contributed by atoms with Crippen molar-refractivity contribution in [2.45, 2.75) is 12.5 Å². The van der Waals surface area contributed by atoms with Gasteiger partial charge in [0.15, 0.2) is 11.5 Å². The van der Waals surface area contributed by atoms with Gasteiger partial charge in [-0.3, -0.25) is 0 Å². The van der Waals surface area contributed by atoms with Gasteiger partial charge >= 0.3 is 0 Å². The molecule has 0 saturated heterocycles. The maximum atomic E-state index is 13.0. The summed E-state index contributed by atoms with van der Waals surface area (Å²) in [6.07, 6.45) is -0.442. The molecule has 1 N–H and O–H groups in total. The third-order valence-corrected chi connectivity index (χ3v) is 3.73. The van der Waals surface area contributed by atoms with Gasteiger partial charge < -0.3 is 14.6 Å². The summed E-state index contributed by atoms with van der Waals surface area (Å²) in [5, 5.41) is 10.6. The molecule has 110 valence electrons. The Bertz CT molecular complexity index is 660. The predicted molar refractivity (Wildman–Crippen MR) is 77.5 cm³/mol. The Balaban J connectivity index is 1.80. The molecule has 1 unspecified atom stereocenters. The third kappa shape index (κ3) is 3.12. The lowest BCUT2D eigenvalue weighted by Crippen LogP contribution is -2.15. The van der Waals surface area contributed by atoms with Crippen molar-refractivity contribution in [2.75, 3.05) is 13.2 Å². The molecule has 2 aromatic rings. The summed E-state index contributed by atoms with van der Waals surface area (Å²) in [5.41, 5.74) is 1.40. The van der Waals surface area contributed by atoms with E-state index in [0.29, 0.717) is 47.3 Å². The van der Waals surface area contributed by atoms with Crippen molar-refractivity contribution in [3.05, 3.63) is 58.4 Å². The second-order valence-electron chi connectivity index (χ2n) is 4.86. The predicted octanol–water partition coefficient (Wildman–Crippen LogP) is 3.53. The molecule has 0 fully saturated rings. The van der Waals surface area contributed by atoms with Crippen molar-refractivity contribution >= 4 is 11.6 Å². The summed E-state index contributed by atoms with van der Waals surface area (Å²) in [6.45, 7) is 1.02. The van der Waals surface area contributed by atoms with Gasteiger partial charge in [0.05, 0.1) is 6.10 Å². The van der Waals surface area contributed by atoms with Crippen LogP contribution in [0.25, 0.3) is 0 Å². The lowest BCUT2D eigenvalue weighted by Gasteiger charge is -2.20. The van der Waals surface area contributed by atoms with Crippen molar-refractivity contribution in [2.24, 2.45) is 0 Å². The van der Waals surface area contributed by atoms with Crippen LogP contribution in [0.5, 0.6) is 11.5 Å². The van der Waals surface area contributed by atoms with Crippen LogP contribution in [-0.4, -0.2) is 18.3 Å². The first-order valence-corrected chi connectivity index (χ1v) is 7.03. The van der Waals surface area contributed by atoms with E-state index in [1.807, 2.05) is 0 Å². The number of aliphatic hydroxyl groups excluding tert-OH is 1. The Labute approximate surface area is 126 Å². The summed E-state index contributed by atoms with van der Waals surface area (Å²) in [5.74, 6) is 0.914. The van der Waals surface area contributed by atoms with Crippen LogP contribution >= 0.6 is 11.6 Å². The maximum Gasteiger partial charge on any atom is 0.161 e. The van der Waals surface area contributed by atoms with Crippen LogP contribution < -0.4 is 9.47 Å². The van der Waals surface area contributed by atoms with E-state index in [2.05, 4.69) is 0 Å². The van der Waals surface area contributed by atoms with Gasteiger partial charge in [0.2, 0.25) is 0 Å². The zero-order chi connectivity index (χ0) is 14.8. The number of ether oxygens (including phenoxy) is 2. The molecule has 0 saturated carbocycles. The first kappa shape index (κ1) is 14.2. The zero-order valence-electron chi connectivity index (χ0n) is 11.2. The molecule has 0 aliphatic carbocycles. The highest BCUT2D eigenvalue weighted by Gasteiger charge is 2.16. The van der Waals surface area contributed by atoms with Gasteiger partial charge in [0.1, 0.15) is 19.0 Å². The Kier molecular flexibility index (Phi) is 3.99. The maximum absolute atomic E-state index is 13.0. The van der Waals surface area contributed by atoms with E-state index >= 15 is 0 Å². The second-order valence-corrected chi connectivity index (χ2v) is 5.27. The molecule has 21 heavy (non-hydrogen) atoms. The summed E-state index contributed by atoms with van der Waals surface area (Å²) < 4.78 is 24.0. The summed E-state index contributed by atoms with van der Waals surface area (Å²) in [4.78, 5) is 0. The smallest absolute Gasteiger partial charge is 0.161 e. The van der Waals surface area contributed by atoms with E-state index < -0.39 is 11.9 Å². The van der Waals surface area contributed by atoms with Crippen LogP contribution in [0.2, 0.25) is 5.02 Å². The summed E-state index contributed by atoms with van der Waals surface area (Å²) in [6, 6.07) is 9.48. The second kappa shape index (κ2) is 5.92. The number of rotatable bonds is 3. The van der Waals surface area contributed by atoms with E-state index in [4.69, 9.17) is 21.1 Å². The Morgan fingerprint density at radius 3 is 2.62 bits per heavy atom. The van der Waals surface area contributed by atoms with Gasteiger partial charge in [-0.05, 0) is 35.4 Å². The van der Waals surface area contributed by atoms with Crippen molar-refractivity contribution in [3.63, 3.8) is 0 Å². The van der Waals surface area contributed by atoms with Gasteiger partial charge in [0.25, 0.3) is 0 Å². The van der Waals surface area contributed by atoms with Gasteiger partial charge in [-0.15, -0.1) is 0 Å². The highest BCUT2D eigenvalue weighted by atomic mass is 35.5. The molecule has 0 radical (unpaired) electrons. The highest BCUT2D eigenvalue weighted by Crippen LogP contribution is 2.34. The minimum absolute atomic E-state index is 0.304. The van der Waals surface area contributed by atoms with Gasteiger partial charge in [-0.1, -0.05) is 23.7 Å². The number of hydrogen-bond acceptors (Lipinski definition) is 3. The fourth-order valence-electron chi connectivity index (χ4n) is 2.28. The molecule has 1 atom stereocenters. The molecule has 1 aliphatic rings. The van der Waals surface area contributed by atoms with Gasteiger partial charge in [-0.25, -0.2) is 4.39 Å². The first-order valence-electron chi connectivity index (χ1n) is 6.65. The van der Waals surface area contributed by atoms with Crippen LogP contribution in [-0.2, 0) is 6.42 Å². The number of fused-ring (bicyclic) bond motifs is 1. The lowest BCUT2D eigenvalue weighted by molar-refractivity contribution is 0.164. The van der Waals surface area contributed by atoms with E-state index in [9.17, 15) is 9.50 Å². The van der Waals surface area contributed by atoms with E-state index in [1.165, 1.54) is 12.1 Å². The van der Waals surface area contributed by atoms with Gasteiger partial charge in [-0.2, -0.15) is 0 Å². The summed E-state index contributed by atoms with van der Waals surface area (Å²) >= 11 is 5.98. The Hall–Kier alpha value is -1.78. The molecule has 0 amide bonds. The number of aliphatic hydroxyl groups is 1. The average Bonchev–Trinajstić information content (AvgIpc) is 2.49. The normalized spacial score (nSPS) is 14.8. The van der Waals surface area contributed by atoms with Crippen molar-refractivity contribution in [1.82, 2.24) is 0 Å². The molecule has 1 heterocycles. The average molecular weight is 309 g/mol. The number of hydrogen-bond donors (Lipinski definition) is 1. The van der Waals surface area contributed by atoms with E-state index in [1.54, 1.807) is 24.3 Å². The zero-order valence-corrected chi connectivity index (χ0v) is 11.9. The molecule has 2 aromatic carbocycles.